The first-order valence-corrected chi connectivity index (χ1v) is 6.47. The van der Waals surface area contributed by atoms with Crippen molar-refractivity contribution in [1.29, 1.82) is 0 Å². The van der Waals surface area contributed by atoms with E-state index in [2.05, 4.69) is 10.0 Å². The van der Waals surface area contributed by atoms with Crippen molar-refractivity contribution in [2.75, 3.05) is 27.2 Å². The molecule has 0 aliphatic carbocycles. The number of rotatable bonds is 6. The second-order valence-electron chi connectivity index (χ2n) is 3.30. The predicted molar refractivity (Wildman–Crippen MR) is 62.1 cm³/mol. The van der Waals surface area contributed by atoms with Crippen LogP contribution in [0.5, 0.6) is 5.75 Å². The molecule has 0 aliphatic heterocycles. The lowest BCUT2D eigenvalue weighted by Crippen LogP contribution is -2.30. The summed E-state index contributed by atoms with van der Waals surface area (Å²) in [5.74, 6) is -0.692. The average molecular weight is 262 g/mol. The van der Waals surface area contributed by atoms with Gasteiger partial charge in [-0.1, -0.05) is 0 Å². The molecule has 0 saturated heterocycles. The molecule has 0 saturated carbocycles. The molecule has 1 aromatic carbocycles. The maximum Gasteiger partial charge on any atom is 0.240 e. The van der Waals surface area contributed by atoms with E-state index in [9.17, 15) is 12.8 Å². The van der Waals surface area contributed by atoms with Crippen LogP contribution < -0.4 is 14.8 Å². The number of sulfonamides is 1. The first-order valence-electron chi connectivity index (χ1n) is 4.99. The molecule has 17 heavy (non-hydrogen) atoms. The summed E-state index contributed by atoms with van der Waals surface area (Å²) in [5, 5.41) is 2.81. The highest BCUT2D eigenvalue weighted by Crippen LogP contribution is 2.20. The van der Waals surface area contributed by atoms with Crippen LogP contribution in [0.2, 0.25) is 0 Å². The van der Waals surface area contributed by atoms with Gasteiger partial charge in [-0.25, -0.2) is 17.5 Å². The molecule has 0 unspecified atom stereocenters. The number of likely N-dealkylation sites (N-methyl/N-ethyl adjacent to an activating group) is 1. The van der Waals surface area contributed by atoms with Crippen LogP contribution in [0.1, 0.15) is 0 Å². The quantitative estimate of drug-likeness (QED) is 0.725. The Morgan fingerprint density at radius 3 is 2.65 bits per heavy atom. The van der Waals surface area contributed by atoms with Crippen LogP contribution in [0.3, 0.4) is 0 Å². The van der Waals surface area contributed by atoms with Crippen LogP contribution >= 0.6 is 0 Å². The lowest BCUT2D eigenvalue weighted by atomic mass is 10.3. The Bertz CT molecular complexity index is 476. The molecule has 0 spiro atoms. The number of halogens is 1. The summed E-state index contributed by atoms with van der Waals surface area (Å²) < 4.78 is 43.8. The Labute approximate surface area is 100 Å². The van der Waals surface area contributed by atoms with Crippen LogP contribution in [0.4, 0.5) is 4.39 Å². The minimum atomic E-state index is -3.62. The predicted octanol–water partition coefficient (Wildman–Crippen LogP) is 0.332. The summed E-state index contributed by atoms with van der Waals surface area (Å²) in [6, 6.07) is 3.40. The zero-order chi connectivity index (χ0) is 12.9. The van der Waals surface area contributed by atoms with E-state index < -0.39 is 15.8 Å². The maximum absolute atomic E-state index is 13.1. The average Bonchev–Trinajstić information content (AvgIpc) is 2.29. The van der Waals surface area contributed by atoms with E-state index in [-0.39, 0.29) is 17.2 Å². The normalized spacial score (nSPS) is 11.5. The topological polar surface area (TPSA) is 67.4 Å². The Balaban J connectivity index is 2.91. The van der Waals surface area contributed by atoms with Crippen LogP contribution in [0.15, 0.2) is 23.1 Å². The second kappa shape index (κ2) is 5.95. The van der Waals surface area contributed by atoms with Crippen molar-refractivity contribution in [3.8, 4) is 5.75 Å². The van der Waals surface area contributed by atoms with Gasteiger partial charge in [0.25, 0.3) is 0 Å². The van der Waals surface area contributed by atoms with Crippen LogP contribution in [-0.2, 0) is 10.0 Å². The number of nitrogens with one attached hydrogen (secondary N) is 2. The summed E-state index contributed by atoms with van der Waals surface area (Å²) in [6.45, 7) is 0.774. The standard InChI is InChI=1S/C10H15FN2O3S/c1-12-5-6-13-17(14,15)8-3-4-9(11)10(7-8)16-2/h3-4,7,12-13H,5-6H2,1-2H3. The third kappa shape index (κ3) is 3.65. The van der Waals surface area contributed by atoms with Gasteiger partial charge >= 0.3 is 0 Å². The molecule has 0 heterocycles. The van der Waals surface area contributed by atoms with Gasteiger partial charge in [0.2, 0.25) is 10.0 Å². The molecule has 0 amide bonds. The van der Waals surface area contributed by atoms with Gasteiger partial charge in [-0.2, -0.15) is 0 Å². The van der Waals surface area contributed by atoms with Crippen molar-refractivity contribution in [1.82, 2.24) is 10.0 Å². The third-order valence-electron chi connectivity index (χ3n) is 2.10. The minimum Gasteiger partial charge on any atom is -0.494 e. The molecule has 1 rings (SSSR count). The first-order chi connectivity index (χ1) is 8.01. The lowest BCUT2D eigenvalue weighted by molar-refractivity contribution is 0.385. The molecule has 0 fully saturated rings. The molecule has 5 nitrogen and oxygen atoms in total. The molecule has 0 atom stereocenters. The van der Waals surface area contributed by atoms with E-state index >= 15 is 0 Å². The van der Waals surface area contributed by atoms with Crippen molar-refractivity contribution in [3.05, 3.63) is 24.0 Å². The largest absolute Gasteiger partial charge is 0.494 e. The lowest BCUT2D eigenvalue weighted by Gasteiger charge is -2.08. The van der Waals surface area contributed by atoms with E-state index in [4.69, 9.17) is 4.74 Å². The van der Waals surface area contributed by atoms with E-state index in [1.165, 1.54) is 13.2 Å². The van der Waals surface area contributed by atoms with Gasteiger partial charge in [0, 0.05) is 19.2 Å². The van der Waals surface area contributed by atoms with Gasteiger partial charge in [0.1, 0.15) is 0 Å². The van der Waals surface area contributed by atoms with Crippen LogP contribution in [0, 0.1) is 5.82 Å². The monoisotopic (exact) mass is 262 g/mol. The molecule has 0 radical (unpaired) electrons. The van der Waals surface area contributed by atoms with Gasteiger partial charge in [-0.3, -0.25) is 0 Å². The number of hydrogen-bond acceptors (Lipinski definition) is 4. The Kier molecular flexibility index (Phi) is 4.86. The summed E-state index contributed by atoms with van der Waals surface area (Å²) in [5.41, 5.74) is 0. The highest BCUT2D eigenvalue weighted by atomic mass is 32.2. The first kappa shape index (κ1) is 13.9. The molecular formula is C10H15FN2O3S. The molecular weight excluding hydrogens is 247 g/mol. The zero-order valence-electron chi connectivity index (χ0n) is 9.66. The summed E-state index contributed by atoms with van der Waals surface area (Å²) in [4.78, 5) is -0.0214. The van der Waals surface area contributed by atoms with Gasteiger partial charge in [-0.05, 0) is 19.2 Å². The zero-order valence-corrected chi connectivity index (χ0v) is 10.5. The molecule has 0 bridgehead atoms. The van der Waals surface area contributed by atoms with E-state index in [0.717, 1.165) is 12.1 Å². The SMILES string of the molecule is CNCCNS(=O)(=O)c1ccc(F)c(OC)c1. The van der Waals surface area contributed by atoms with Crippen molar-refractivity contribution >= 4 is 10.0 Å². The van der Waals surface area contributed by atoms with Gasteiger partial charge in [0.15, 0.2) is 11.6 Å². The molecule has 96 valence electrons. The Morgan fingerprint density at radius 2 is 2.06 bits per heavy atom. The Hall–Kier alpha value is -1.18. The minimum absolute atomic E-state index is 0.0214. The van der Waals surface area contributed by atoms with Crippen molar-refractivity contribution in [2.24, 2.45) is 0 Å². The molecule has 2 N–H and O–H groups in total. The fraction of sp³-hybridized carbons (Fsp3) is 0.400. The highest BCUT2D eigenvalue weighted by molar-refractivity contribution is 7.89. The van der Waals surface area contributed by atoms with Gasteiger partial charge in [-0.15, -0.1) is 0 Å². The van der Waals surface area contributed by atoms with Crippen molar-refractivity contribution in [2.45, 2.75) is 4.90 Å². The fourth-order valence-electron chi connectivity index (χ4n) is 1.20. The fourth-order valence-corrected chi connectivity index (χ4v) is 2.25. The van der Waals surface area contributed by atoms with E-state index in [1.54, 1.807) is 7.05 Å². The Morgan fingerprint density at radius 1 is 1.35 bits per heavy atom. The smallest absolute Gasteiger partial charge is 0.240 e. The summed E-state index contributed by atoms with van der Waals surface area (Å²) in [6.07, 6.45) is 0. The van der Waals surface area contributed by atoms with Gasteiger partial charge < -0.3 is 10.1 Å². The van der Waals surface area contributed by atoms with Crippen LogP contribution in [-0.4, -0.2) is 35.7 Å². The molecule has 1 aromatic rings. The van der Waals surface area contributed by atoms with Crippen LogP contribution in [0.25, 0.3) is 0 Å². The highest BCUT2D eigenvalue weighted by Gasteiger charge is 2.15. The number of ether oxygens (including phenoxy) is 1. The molecule has 0 aliphatic rings. The summed E-state index contributed by atoms with van der Waals surface area (Å²) in [7, 11) is -0.620. The third-order valence-corrected chi connectivity index (χ3v) is 3.56. The second-order valence-corrected chi connectivity index (χ2v) is 5.06. The summed E-state index contributed by atoms with van der Waals surface area (Å²) >= 11 is 0. The number of hydrogen-bond donors (Lipinski definition) is 2. The van der Waals surface area contributed by atoms with E-state index in [0.29, 0.717) is 6.54 Å². The van der Waals surface area contributed by atoms with Crippen molar-refractivity contribution in [3.63, 3.8) is 0 Å². The number of benzene rings is 1. The van der Waals surface area contributed by atoms with Gasteiger partial charge in [0.05, 0.1) is 12.0 Å². The molecule has 0 aromatic heterocycles. The molecule has 7 heteroatoms. The maximum atomic E-state index is 13.1. The van der Waals surface area contributed by atoms with E-state index in [1.807, 2.05) is 0 Å². The number of methoxy groups -OCH3 is 1. The van der Waals surface area contributed by atoms with Crippen molar-refractivity contribution < 1.29 is 17.5 Å².